The van der Waals surface area contributed by atoms with Crippen LogP contribution in [0.5, 0.6) is 0 Å². The third-order valence-corrected chi connectivity index (χ3v) is 11.2. The van der Waals surface area contributed by atoms with Gasteiger partial charge in [-0.1, -0.05) is 121 Å². The highest BCUT2D eigenvalue weighted by atomic mass is 16.3. The Morgan fingerprint density at radius 3 is 1.47 bits per heavy atom. The molecule has 8 aromatic carbocycles. The number of benzene rings is 8. The maximum Gasteiger partial charge on any atom is 0.238 e. The number of aromatic nitrogens is 5. The summed E-state index contributed by atoms with van der Waals surface area (Å²) in [5, 5.41) is 6.78. The van der Waals surface area contributed by atoms with Gasteiger partial charge >= 0.3 is 0 Å². The average molecular weight is 730 g/mol. The number of nitrogens with zero attached hydrogens (tertiary/aromatic N) is 5. The molecule has 4 aromatic heterocycles. The van der Waals surface area contributed by atoms with E-state index < -0.39 is 0 Å². The van der Waals surface area contributed by atoms with E-state index in [1.54, 1.807) is 0 Å². The predicted octanol–water partition coefficient (Wildman–Crippen LogP) is 13.0. The fourth-order valence-electron chi connectivity index (χ4n) is 8.57. The summed E-state index contributed by atoms with van der Waals surface area (Å²) < 4.78 is 11.0. The summed E-state index contributed by atoms with van der Waals surface area (Å²) in [5.41, 5.74) is 11.1. The van der Waals surface area contributed by atoms with Crippen LogP contribution < -0.4 is 0 Å². The molecule has 6 nitrogen and oxygen atoms in total. The van der Waals surface area contributed by atoms with Gasteiger partial charge in [0.25, 0.3) is 0 Å². The van der Waals surface area contributed by atoms with Crippen molar-refractivity contribution in [3.05, 3.63) is 188 Å². The van der Waals surface area contributed by atoms with Crippen LogP contribution in [0.4, 0.5) is 0 Å². The summed E-state index contributed by atoms with van der Waals surface area (Å²) in [6.45, 7) is 0. The summed E-state index contributed by atoms with van der Waals surface area (Å²) in [6.07, 6.45) is 0. The van der Waals surface area contributed by atoms with Gasteiger partial charge in [0.2, 0.25) is 5.95 Å². The molecule has 0 saturated heterocycles. The van der Waals surface area contributed by atoms with E-state index in [4.69, 9.17) is 19.4 Å². The highest BCUT2D eigenvalue weighted by Gasteiger charge is 2.20. The molecule has 4 heterocycles. The van der Waals surface area contributed by atoms with Gasteiger partial charge in [0.05, 0.1) is 22.1 Å². The molecule has 12 rings (SSSR count). The number of furan rings is 1. The smallest absolute Gasteiger partial charge is 0.238 e. The van der Waals surface area contributed by atoms with E-state index in [0.29, 0.717) is 17.6 Å². The molecular weight excluding hydrogens is 699 g/mol. The Morgan fingerprint density at radius 1 is 0.316 bits per heavy atom. The zero-order chi connectivity index (χ0) is 37.5. The van der Waals surface area contributed by atoms with E-state index in [1.807, 2.05) is 18.2 Å². The van der Waals surface area contributed by atoms with E-state index in [9.17, 15) is 0 Å². The van der Waals surface area contributed by atoms with Gasteiger partial charge < -0.3 is 8.98 Å². The molecule has 0 N–H and O–H groups in total. The number of rotatable bonds is 5. The zero-order valence-electron chi connectivity index (χ0n) is 30.5. The predicted molar refractivity (Wildman–Crippen MR) is 232 cm³/mol. The molecule has 0 saturated carbocycles. The van der Waals surface area contributed by atoms with Crippen LogP contribution in [-0.4, -0.2) is 24.1 Å². The molecule has 0 spiro atoms. The molecule has 0 aliphatic rings. The first-order valence-electron chi connectivity index (χ1n) is 19.1. The van der Waals surface area contributed by atoms with E-state index in [2.05, 4.69) is 179 Å². The number of para-hydroxylation sites is 4. The van der Waals surface area contributed by atoms with E-state index in [1.165, 1.54) is 10.8 Å². The first kappa shape index (κ1) is 31.5. The van der Waals surface area contributed by atoms with Gasteiger partial charge in [-0.15, -0.1) is 0 Å². The van der Waals surface area contributed by atoms with Gasteiger partial charge in [-0.3, -0.25) is 4.57 Å². The molecule has 6 heteroatoms. The molecule has 0 aliphatic heterocycles. The van der Waals surface area contributed by atoms with E-state index in [0.717, 1.165) is 82.7 Å². The Morgan fingerprint density at radius 2 is 0.842 bits per heavy atom. The third-order valence-electron chi connectivity index (χ3n) is 11.2. The van der Waals surface area contributed by atoms with Crippen molar-refractivity contribution in [3.8, 4) is 45.5 Å². The van der Waals surface area contributed by atoms with Crippen LogP contribution in [-0.2, 0) is 0 Å². The largest absolute Gasteiger partial charge is 0.456 e. The number of fused-ring (bicyclic) bond motifs is 9. The minimum absolute atomic E-state index is 0.561. The Labute approximate surface area is 326 Å². The van der Waals surface area contributed by atoms with Gasteiger partial charge in [0.1, 0.15) is 11.2 Å². The normalized spacial score (nSPS) is 11.9. The Bertz CT molecular complexity index is 3430. The lowest BCUT2D eigenvalue weighted by Crippen LogP contribution is -2.06. The molecule has 12 aromatic rings. The van der Waals surface area contributed by atoms with Crippen LogP contribution in [0.15, 0.2) is 192 Å². The molecule has 57 heavy (non-hydrogen) atoms. The van der Waals surface area contributed by atoms with Crippen molar-refractivity contribution in [1.82, 2.24) is 24.1 Å². The van der Waals surface area contributed by atoms with E-state index in [-0.39, 0.29) is 0 Å². The molecule has 0 aliphatic carbocycles. The first-order chi connectivity index (χ1) is 28.2. The monoisotopic (exact) mass is 729 g/mol. The lowest BCUT2D eigenvalue weighted by Gasteiger charge is -2.11. The summed E-state index contributed by atoms with van der Waals surface area (Å²) in [6, 6.07) is 65.5. The quantitative estimate of drug-likeness (QED) is 0.177. The Kier molecular flexibility index (Phi) is 6.83. The number of hydrogen-bond donors (Lipinski definition) is 0. The SMILES string of the molecule is c1ccc(-c2cccc(-c3nc(-c4ccc5oc6cc(-n7c8ccccc8c8ccccc87)ccc6c5c4)nc(-n4c5ccccc5c5ccccc54)n3)c2)cc1. The van der Waals surface area contributed by atoms with Crippen LogP contribution in [0.2, 0.25) is 0 Å². The van der Waals surface area contributed by atoms with Crippen LogP contribution in [0.25, 0.3) is 111 Å². The second-order valence-corrected chi connectivity index (χ2v) is 14.5. The van der Waals surface area contributed by atoms with Crippen LogP contribution in [0.1, 0.15) is 0 Å². The Balaban J connectivity index is 1.05. The van der Waals surface area contributed by atoms with Gasteiger partial charge in [-0.2, -0.15) is 9.97 Å². The molecule has 0 unspecified atom stereocenters. The lowest BCUT2D eigenvalue weighted by molar-refractivity contribution is 0.668. The Hall–Kier alpha value is -7.83. The maximum absolute atomic E-state index is 6.56. The molecule has 0 amide bonds. The van der Waals surface area contributed by atoms with Crippen molar-refractivity contribution in [2.75, 3.05) is 0 Å². The summed E-state index contributed by atoms with van der Waals surface area (Å²) in [4.78, 5) is 15.6. The minimum Gasteiger partial charge on any atom is -0.456 e. The minimum atomic E-state index is 0.561. The van der Waals surface area contributed by atoms with Crippen molar-refractivity contribution in [2.24, 2.45) is 0 Å². The molecular formula is C51H31N5O. The number of hydrogen-bond acceptors (Lipinski definition) is 4. The lowest BCUT2D eigenvalue weighted by atomic mass is 10.0. The van der Waals surface area contributed by atoms with Crippen molar-refractivity contribution < 1.29 is 4.42 Å². The fourth-order valence-corrected chi connectivity index (χ4v) is 8.57. The highest BCUT2D eigenvalue weighted by Crippen LogP contribution is 2.38. The third kappa shape index (κ3) is 4.94. The molecule has 266 valence electrons. The standard InChI is InChI=1S/C51H31N5O/c1-2-13-32(14-3-1)33-15-12-16-34(29-33)49-52-50(54-51(53-49)56-45-23-10-6-19-39(45)40-20-7-11-24-46(40)56)35-25-28-47-42(30-35)41-27-26-36(31-48(41)57-47)55-43-21-8-4-17-37(43)38-18-5-9-22-44(38)55/h1-31H. The second kappa shape index (κ2) is 12.3. The van der Waals surface area contributed by atoms with E-state index >= 15 is 0 Å². The van der Waals surface area contributed by atoms with Crippen molar-refractivity contribution >= 4 is 65.6 Å². The fraction of sp³-hybridized carbons (Fsp3) is 0. The summed E-state index contributed by atoms with van der Waals surface area (Å²) >= 11 is 0. The zero-order valence-corrected chi connectivity index (χ0v) is 30.5. The van der Waals surface area contributed by atoms with Gasteiger partial charge in [-0.25, -0.2) is 4.98 Å². The van der Waals surface area contributed by atoms with Crippen LogP contribution >= 0.6 is 0 Å². The highest BCUT2D eigenvalue weighted by molar-refractivity contribution is 6.11. The first-order valence-corrected chi connectivity index (χ1v) is 19.1. The van der Waals surface area contributed by atoms with Crippen molar-refractivity contribution in [2.45, 2.75) is 0 Å². The topological polar surface area (TPSA) is 61.7 Å². The van der Waals surface area contributed by atoms with Crippen molar-refractivity contribution in [1.29, 1.82) is 0 Å². The van der Waals surface area contributed by atoms with Gasteiger partial charge in [-0.05, 0) is 71.8 Å². The maximum atomic E-state index is 6.56. The second-order valence-electron chi connectivity index (χ2n) is 14.5. The molecule has 0 radical (unpaired) electrons. The van der Waals surface area contributed by atoms with Gasteiger partial charge in [0, 0.05) is 55.2 Å². The molecule has 0 atom stereocenters. The van der Waals surface area contributed by atoms with Crippen molar-refractivity contribution in [3.63, 3.8) is 0 Å². The molecule has 0 fully saturated rings. The van der Waals surface area contributed by atoms with Gasteiger partial charge in [0.15, 0.2) is 11.6 Å². The van der Waals surface area contributed by atoms with Crippen LogP contribution in [0.3, 0.4) is 0 Å². The average Bonchev–Trinajstić information content (AvgIpc) is 3.94. The molecule has 0 bridgehead atoms. The summed E-state index contributed by atoms with van der Waals surface area (Å²) in [7, 11) is 0. The van der Waals surface area contributed by atoms with Crippen LogP contribution in [0, 0.1) is 0 Å². The summed E-state index contributed by atoms with van der Waals surface area (Å²) in [5.74, 6) is 1.74.